The molecule has 1 aliphatic rings. The van der Waals surface area contributed by atoms with Gasteiger partial charge in [-0.3, -0.25) is 9.59 Å². The van der Waals surface area contributed by atoms with Crippen molar-refractivity contribution >= 4 is 22.6 Å². The number of amides is 2. The van der Waals surface area contributed by atoms with E-state index in [2.05, 4.69) is 11.4 Å². The zero-order chi connectivity index (χ0) is 20.1. The summed E-state index contributed by atoms with van der Waals surface area (Å²) < 4.78 is 5.27. The zero-order valence-electron chi connectivity index (χ0n) is 16.6. The van der Waals surface area contributed by atoms with Gasteiger partial charge in [0.2, 0.25) is 11.8 Å². The van der Waals surface area contributed by atoms with Gasteiger partial charge in [-0.1, -0.05) is 24.3 Å². The fraction of sp³-hybridized carbons (Fsp3) is 0.455. The SMILES string of the molecule is COc1ccc2cc(C(C)C(=O)N3CCCC(C(=O)NCCN)C3)ccc2c1. The van der Waals surface area contributed by atoms with Gasteiger partial charge in [0.15, 0.2) is 0 Å². The molecule has 0 bridgehead atoms. The van der Waals surface area contributed by atoms with Crippen LogP contribution in [0.1, 0.15) is 31.2 Å². The average molecular weight is 383 g/mol. The lowest BCUT2D eigenvalue weighted by Gasteiger charge is -2.34. The minimum absolute atomic E-state index is 0.00439. The van der Waals surface area contributed by atoms with Gasteiger partial charge in [0, 0.05) is 26.2 Å². The van der Waals surface area contributed by atoms with Crippen molar-refractivity contribution in [1.29, 1.82) is 0 Å². The molecule has 28 heavy (non-hydrogen) atoms. The van der Waals surface area contributed by atoms with Crippen LogP contribution in [0.5, 0.6) is 5.75 Å². The van der Waals surface area contributed by atoms with Crippen LogP contribution in [0, 0.1) is 5.92 Å². The third-order valence-corrected chi connectivity index (χ3v) is 5.49. The van der Waals surface area contributed by atoms with Crippen molar-refractivity contribution in [3.05, 3.63) is 42.0 Å². The van der Waals surface area contributed by atoms with E-state index in [0.29, 0.717) is 26.2 Å². The van der Waals surface area contributed by atoms with Gasteiger partial charge < -0.3 is 20.7 Å². The molecule has 2 unspecified atom stereocenters. The van der Waals surface area contributed by atoms with Crippen LogP contribution in [0.25, 0.3) is 10.8 Å². The van der Waals surface area contributed by atoms with Crippen LogP contribution in [-0.2, 0) is 9.59 Å². The van der Waals surface area contributed by atoms with Crippen LogP contribution in [0.15, 0.2) is 36.4 Å². The fourth-order valence-corrected chi connectivity index (χ4v) is 3.79. The van der Waals surface area contributed by atoms with Crippen LogP contribution >= 0.6 is 0 Å². The molecule has 3 rings (SSSR count). The van der Waals surface area contributed by atoms with Crippen molar-refractivity contribution in [2.45, 2.75) is 25.7 Å². The lowest BCUT2D eigenvalue weighted by molar-refractivity contribution is -0.136. The zero-order valence-corrected chi connectivity index (χ0v) is 16.6. The second-order valence-electron chi connectivity index (χ2n) is 7.40. The van der Waals surface area contributed by atoms with E-state index in [4.69, 9.17) is 10.5 Å². The molecule has 1 fully saturated rings. The normalized spacial score (nSPS) is 18.0. The molecule has 0 aliphatic carbocycles. The predicted octanol–water partition coefficient (Wildman–Crippen LogP) is 2.27. The van der Waals surface area contributed by atoms with Gasteiger partial charge in [-0.15, -0.1) is 0 Å². The number of benzene rings is 2. The Morgan fingerprint density at radius 3 is 2.75 bits per heavy atom. The number of nitrogens with two attached hydrogens (primary N) is 1. The van der Waals surface area contributed by atoms with Crippen molar-refractivity contribution in [3.8, 4) is 5.75 Å². The third kappa shape index (κ3) is 4.44. The lowest BCUT2D eigenvalue weighted by Crippen LogP contribution is -2.47. The Balaban J connectivity index is 1.71. The average Bonchev–Trinajstić information content (AvgIpc) is 2.75. The van der Waals surface area contributed by atoms with Gasteiger partial charge in [0.25, 0.3) is 0 Å². The molecule has 2 aromatic carbocycles. The molecule has 1 heterocycles. The van der Waals surface area contributed by atoms with Crippen molar-refractivity contribution in [2.75, 3.05) is 33.3 Å². The highest BCUT2D eigenvalue weighted by Gasteiger charge is 2.30. The summed E-state index contributed by atoms with van der Waals surface area (Å²) in [5.74, 6) is 0.481. The summed E-state index contributed by atoms with van der Waals surface area (Å²) in [6.45, 7) is 4.01. The maximum Gasteiger partial charge on any atom is 0.229 e. The Labute approximate surface area is 166 Å². The number of nitrogens with one attached hydrogen (secondary N) is 1. The number of piperidine rings is 1. The quantitative estimate of drug-likeness (QED) is 0.801. The molecule has 0 radical (unpaired) electrons. The van der Waals surface area contributed by atoms with E-state index in [1.807, 2.05) is 42.2 Å². The summed E-state index contributed by atoms with van der Waals surface area (Å²) in [5, 5.41) is 5.00. The first-order chi connectivity index (χ1) is 13.5. The standard InChI is InChI=1S/C22H29N3O3/c1-15(16-5-6-18-13-20(28-2)8-7-17(18)12-16)22(27)25-11-3-4-19(14-25)21(26)24-10-9-23/h5-8,12-13,15,19H,3-4,9-11,14,23H2,1-2H3,(H,24,26). The largest absolute Gasteiger partial charge is 0.497 e. The molecule has 3 N–H and O–H groups in total. The minimum atomic E-state index is -0.252. The number of likely N-dealkylation sites (tertiary alicyclic amines) is 1. The van der Waals surface area contributed by atoms with Gasteiger partial charge in [-0.25, -0.2) is 0 Å². The Kier molecular flexibility index (Phi) is 6.52. The molecular formula is C22H29N3O3. The Morgan fingerprint density at radius 1 is 1.25 bits per heavy atom. The van der Waals surface area contributed by atoms with Crippen LogP contribution in [0.2, 0.25) is 0 Å². The molecule has 2 aromatic rings. The van der Waals surface area contributed by atoms with Gasteiger partial charge >= 0.3 is 0 Å². The highest BCUT2D eigenvalue weighted by molar-refractivity contribution is 5.89. The molecule has 1 saturated heterocycles. The molecule has 0 spiro atoms. The predicted molar refractivity (Wildman–Crippen MR) is 110 cm³/mol. The number of rotatable bonds is 6. The minimum Gasteiger partial charge on any atom is -0.497 e. The van der Waals surface area contributed by atoms with Gasteiger partial charge in [-0.2, -0.15) is 0 Å². The first-order valence-corrected chi connectivity index (χ1v) is 9.87. The van der Waals surface area contributed by atoms with E-state index in [-0.39, 0.29) is 23.7 Å². The number of carbonyl (C=O) groups excluding carboxylic acids is 2. The molecule has 6 nitrogen and oxygen atoms in total. The fourth-order valence-electron chi connectivity index (χ4n) is 3.79. The number of hydrogen-bond donors (Lipinski definition) is 2. The van der Waals surface area contributed by atoms with E-state index in [1.54, 1.807) is 7.11 Å². The molecular weight excluding hydrogens is 354 g/mol. The lowest BCUT2D eigenvalue weighted by atomic mass is 9.93. The summed E-state index contributed by atoms with van der Waals surface area (Å²) in [6, 6.07) is 12.0. The maximum atomic E-state index is 13.1. The third-order valence-electron chi connectivity index (χ3n) is 5.49. The van der Waals surface area contributed by atoms with Gasteiger partial charge in [0.1, 0.15) is 5.75 Å². The second kappa shape index (κ2) is 9.06. The molecule has 0 aromatic heterocycles. The molecule has 2 amide bonds. The van der Waals surface area contributed by atoms with Crippen LogP contribution in [-0.4, -0.2) is 50.0 Å². The first-order valence-electron chi connectivity index (χ1n) is 9.87. The molecule has 2 atom stereocenters. The van der Waals surface area contributed by atoms with E-state index in [9.17, 15) is 9.59 Å². The number of ether oxygens (including phenoxy) is 1. The summed E-state index contributed by atoms with van der Waals surface area (Å²) in [6.07, 6.45) is 1.66. The van der Waals surface area contributed by atoms with Crippen molar-refractivity contribution < 1.29 is 14.3 Å². The Bertz CT molecular complexity index is 852. The van der Waals surface area contributed by atoms with E-state index in [1.165, 1.54) is 0 Å². The van der Waals surface area contributed by atoms with E-state index >= 15 is 0 Å². The summed E-state index contributed by atoms with van der Waals surface area (Å²) in [4.78, 5) is 27.2. The van der Waals surface area contributed by atoms with Crippen LogP contribution < -0.4 is 15.8 Å². The summed E-state index contributed by atoms with van der Waals surface area (Å²) >= 11 is 0. The topological polar surface area (TPSA) is 84.7 Å². The smallest absolute Gasteiger partial charge is 0.229 e. The molecule has 6 heteroatoms. The second-order valence-corrected chi connectivity index (χ2v) is 7.40. The molecule has 0 saturated carbocycles. The monoisotopic (exact) mass is 383 g/mol. The molecule has 150 valence electrons. The van der Waals surface area contributed by atoms with E-state index in [0.717, 1.165) is 34.9 Å². The number of carbonyl (C=O) groups is 2. The Hall–Kier alpha value is -2.60. The highest BCUT2D eigenvalue weighted by atomic mass is 16.5. The number of methoxy groups -OCH3 is 1. The molecule has 1 aliphatic heterocycles. The van der Waals surface area contributed by atoms with Crippen molar-refractivity contribution in [1.82, 2.24) is 10.2 Å². The first kappa shape index (κ1) is 20.1. The maximum absolute atomic E-state index is 13.1. The van der Waals surface area contributed by atoms with Crippen molar-refractivity contribution in [3.63, 3.8) is 0 Å². The van der Waals surface area contributed by atoms with Gasteiger partial charge in [-0.05, 0) is 48.2 Å². The van der Waals surface area contributed by atoms with Gasteiger partial charge in [0.05, 0.1) is 18.9 Å². The van der Waals surface area contributed by atoms with Crippen molar-refractivity contribution in [2.24, 2.45) is 11.7 Å². The van der Waals surface area contributed by atoms with Crippen LogP contribution in [0.4, 0.5) is 0 Å². The summed E-state index contributed by atoms with van der Waals surface area (Å²) in [5.41, 5.74) is 6.44. The van der Waals surface area contributed by atoms with Crippen LogP contribution in [0.3, 0.4) is 0 Å². The Morgan fingerprint density at radius 2 is 2.00 bits per heavy atom. The number of fused-ring (bicyclic) bond motifs is 1. The van der Waals surface area contributed by atoms with E-state index < -0.39 is 0 Å². The number of hydrogen-bond acceptors (Lipinski definition) is 4. The highest BCUT2D eigenvalue weighted by Crippen LogP contribution is 2.27. The summed E-state index contributed by atoms with van der Waals surface area (Å²) in [7, 11) is 1.65. The number of nitrogens with zero attached hydrogens (tertiary/aromatic N) is 1.